The Morgan fingerprint density at radius 3 is 2.79 bits per heavy atom. The number of hydrogen-bond acceptors (Lipinski definition) is 5. The monoisotopic (exact) mass is 425 g/mol. The number of carbonyl (C=O) groups excluding carboxylic acids is 2. The van der Waals surface area contributed by atoms with Gasteiger partial charge in [-0.05, 0) is 42.8 Å². The van der Waals surface area contributed by atoms with Crippen LogP contribution >= 0.6 is 22.9 Å². The quantitative estimate of drug-likeness (QED) is 0.432. The molecule has 2 aromatic heterocycles. The zero-order valence-electron chi connectivity index (χ0n) is 15.3. The molecule has 2 heterocycles. The summed E-state index contributed by atoms with van der Waals surface area (Å²) >= 11 is 7.36. The highest BCUT2D eigenvalue weighted by atomic mass is 35.5. The minimum atomic E-state index is -0.394. The fourth-order valence-electron chi connectivity index (χ4n) is 2.82. The molecule has 2 amide bonds. The zero-order chi connectivity index (χ0) is 20.4. The van der Waals surface area contributed by atoms with E-state index in [1.807, 2.05) is 12.1 Å². The van der Waals surface area contributed by atoms with Gasteiger partial charge in [-0.1, -0.05) is 23.7 Å². The highest BCUT2D eigenvalue weighted by Gasteiger charge is 2.17. The van der Waals surface area contributed by atoms with E-state index in [0.29, 0.717) is 33.4 Å². The van der Waals surface area contributed by atoms with Crippen molar-refractivity contribution in [3.63, 3.8) is 0 Å². The van der Waals surface area contributed by atoms with Crippen LogP contribution in [0.15, 0.2) is 53.4 Å². The maximum absolute atomic E-state index is 12.6. The van der Waals surface area contributed by atoms with Gasteiger partial charge in [-0.15, -0.1) is 11.3 Å². The molecule has 1 atom stereocenters. The Morgan fingerprint density at radius 2 is 2.03 bits per heavy atom. The lowest BCUT2D eigenvalue weighted by atomic mass is 10.0. The van der Waals surface area contributed by atoms with E-state index in [1.165, 1.54) is 11.3 Å². The average Bonchev–Trinajstić information content (AvgIpc) is 3.36. The largest absolute Gasteiger partial charge is 0.324 e. The van der Waals surface area contributed by atoms with Crippen LogP contribution in [0.5, 0.6) is 0 Å². The number of fused-ring (bicyclic) bond motifs is 1. The fourth-order valence-corrected chi connectivity index (χ4v) is 3.55. The number of thiazole rings is 1. The summed E-state index contributed by atoms with van der Waals surface area (Å²) in [5.74, 6) is -0.547. The van der Waals surface area contributed by atoms with Crippen molar-refractivity contribution in [1.82, 2.24) is 15.0 Å². The lowest BCUT2D eigenvalue weighted by Crippen LogP contribution is -2.19. The van der Waals surface area contributed by atoms with Gasteiger partial charge in [-0.2, -0.15) is 0 Å². The van der Waals surface area contributed by atoms with Gasteiger partial charge in [0, 0.05) is 16.1 Å². The first-order valence-corrected chi connectivity index (χ1v) is 10.1. The number of aromatic amines is 1. The number of nitrogens with one attached hydrogen (secondary N) is 3. The molecule has 0 spiro atoms. The number of halogens is 1. The predicted molar refractivity (Wildman–Crippen MR) is 115 cm³/mol. The number of hydrogen-bond donors (Lipinski definition) is 3. The van der Waals surface area contributed by atoms with Crippen LogP contribution in [-0.4, -0.2) is 26.8 Å². The van der Waals surface area contributed by atoms with E-state index in [9.17, 15) is 9.59 Å². The van der Waals surface area contributed by atoms with Gasteiger partial charge < -0.3 is 10.3 Å². The molecule has 4 aromatic rings. The predicted octanol–water partition coefficient (Wildman–Crippen LogP) is 4.67. The highest BCUT2D eigenvalue weighted by Crippen LogP contribution is 2.23. The molecular formula is C20H16ClN5O2S. The number of aromatic nitrogens is 3. The van der Waals surface area contributed by atoms with E-state index in [-0.39, 0.29) is 11.8 Å². The van der Waals surface area contributed by atoms with Crippen LogP contribution in [0.25, 0.3) is 11.0 Å². The molecule has 1 unspecified atom stereocenters. The second kappa shape index (κ2) is 8.02. The van der Waals surface area contributed by atoms with Crippen LogP contribution in [-0.2, 0) is 4.79 Å². The van der Waals surface area contributed by atoms with E-state index in [2.05, 4.69) is 25.6 Å². The molecule has 3 N–H and O–H groups in total. The lowest BCUT2D eigenvalue weighted by molar-refractivity contribution is -0.117. The Kier molecular flexibility index (Phi) is 5.28. The Bertz CT molecular complexity index is 1190. The molecule has 0 fully saturated rings. The molecule has 0 radical (unpaired) electrons. The summed E-state index contributed by atoms with van der Waals surface area (Å²) in [5, 5.41) is 7.84. The van der Waals surface area contributed by atoms with Crippen LogP contribution in [0.2, 0.25) is 5.02 Å². The summed E-state index contributed by atoms with van der Waals surface area (Å²) in [4.78, 5) is 36.1. The summed E-state index contributed by atoms with van der Waals surface area (Å²) in [5.41, 5.74) is 4.74. The van der Waals surface area contributed by atoms with Gasteiger partial charge in [0.1, 0.15) is 5.69 Å². The number of nitrogens with zero attached hydrogens (tertiary/aromatic N) is 2. The van der Waals surface area contributed by atoms with Crippen molar-refractivity contribution in [2.75, 3.05) is 10.6 Å². The van der Waals surface area contributed by atoms with Crippen molar-refractivity contribution in [2.24, 2.45) is 0 Å². The molecule has 7 nitrogen and oxygen atoms in total. The van der Waals surface area contributed by atoms with Crippen LogP contribution in [0, 0.1) is 0 Å². The van der Waals surface area contributed by atoms with Crippen LogP contribution in [0.1, 0.15) is 28.9 Å². The Labute approximate surface area is 175 Å². The Hall–Kier alpha value is -3.23. The normalized spacial score (nSPS) is 11.9. The topological polar surface area (TPSA) is 99.8 Å². The van der Waals surface area contributed by atoms with Gasteiger partial charge in [-0.25, -0.2) is 9.97 Å². The third-order valence-corrected chi connectivity index (χ3v) is 5.21. The van der Waals surface area contributed by atoms with Crippen molar-refractivity contribution in [1.29, 1.82) is 0 Å². The smallest absolute Gasteiger partial charge is 0.275 e. The lowest BCUT2D eigenvalue weighted by Gasteiger charge is -2.11. The Morgan fingerprint density at radius 1 is 1.17 bits per heavy atom. The molecule has 0 aliphatic rings. The number of rotatable bonds is 5. The van der Waals surface area contributed by atoms with Gasteiger partial charge in [0.25, 0.3) is 5.91 Å². The first kappa shape index (κ1) is 19.1. The molecule has 2 aromatic carbocycles. The van der Waals surface area contributed by atoms with E-state index in [0.717, 1.165) is 5.56 Å². The molecule has 146 valence electrons. The second-order valence-corrected chi connectivity index (χ2v) is 7.57. The van der Waals surface area contributed by atoms with Gasteiger partial charge in [0.15, 0.2) is 0 Å². The van der Waals surface area contributed by atoms with Crippen LogP contribution in [0.4, 0.5) is 11.6 Å². The van der Waals surface area contributed by atoms with Gasteiger partial charge in [0.05, 0.1) is 22.5 Å². The standard InChI is InChI=1S/C20H16ClN5O2S/c1-11(12-3-2-4-13(21)7-12)18(27)26-20-24-15-6-5-14(8-16(15)25-20)23-19(28)17-9-29-10-22-17/h2-11H,1H3,(H,23,28)(H2,24,25,26,27). The molecule has 0 bridgehead atoms. The van der Waals surface area contributed by atoms with Crippen molar-refractivity contribution in [3.05, 3.63) is 69.6 Å². The highest BCUT2D eigenvalue weighted by molar-refractivity contribution is 7.07. The third kappa shape index (κ3) is 4.28. The van der Waals surface area contributed by atoms with Crippen LogP contribution in [0.3, 0.4) is 0 Å². The molecule has 29 heavy (non-hydrogen) atoms. The average molecular weight is 426 g/mol. The Balaban J connectivity index is 1.48. The number of amides is 2. The van der Waals surface area contributed by atoms with E-state index >= 15 is 0 Å². The summed E-state index contributed by atoms with van der Waals surface area (Å²) in [6.45, 7) is 1.80. The molecule has 0 saturated carbocycles. The zero-order valence-corrected chi connectivity index (χ0v) is 16.8. The van der Waals surface area contributed by atoms with Crippen molar-refractivity contribution in [2.45, 2.75) is 12.8 Å². The molecule has 4 rings (SSSR count). The molecule has 0 aliphatic carbocycles. The number of imidazole rings is 1. The number of benzene rings is 2. The summed E-state index contributed by atoms with van der Waals surface area (Å²) in [6, 6.07) is 12.5. The van der Waals surface area contributed by atoms with E-state index in [4.69, 9.17) is 11.6 Å². The molecule has 0 aliphatic heterocycles. The second-order valence-electron chi connectivity index (χ2n) is 6.41. The van der Waals surface area contributed by atoms with Gasteiger partial charge in [-0.3, -0.25) is 14.9 Å². The third-order valence-electron chi connectivity index (χ3n) is 4.39. The van der Waals surface area contributed by atoms with Crippen molar-refractivity contribution in [3.8, 4) is 0 Å². The fraction of sp³-hybridized carbons (Fsp3) is 0.100. The van der Waals surface area contributed by atoms with E-state index < -0.39 is 5.92 Å². The minimum absolute atomic E-state index is 0.205. The number of H-pyrrole nitrogens is 1. The van der Waals surface area contributed by atoms with Gasteiger partial charge >= 0.3 is 0 Å². The SMILES string of the molecule is CC(C(=O)Nc1nc2ccc(NC(=O)c3cscn3)cc2[nH]1)c1cccc(Cl)c1. The number of carbonyl (C=O) groups is 2. The maximum Gasteiger partial charge on any atom is 0.275 e. The molecular weight excluding hydrogens is 410 g/mol. The maximum atomic E-state index is 12.6. The first-order chi connectivity index (χ1) is 14.0. The van der Waals surface area contributed by atoms with Crippen molar-refractivity contribution < 1.29 is 9.59 Å². The summed E-state index contributed by atoms with van der Waals surface area (Å²) in [7, 11) is 0. The summed E-state index contributed by atoms with van der Waals surface area (Å²) in [6.07, 6.45) is 0. The van der Waals surface area contributed by atoms with E-state index in [1.54, 1.807) is 48.1 Å². The van der Waals surface area contributed by atoms with Crippen LogP contribution < -0.4 is 10.6 Å². The summed E-state index contributed by atoms with van der Waals surface area (Å²) < 4.78 is 0. The minimum Gasteiger partial charge on any atom is -0.324 e. The first-order valence-electron chi connectivity index (χ1n) is 8.75. The molecule has 0 saturated heterocycles. The van der Waals surface area contributed by atoms with Gasteiger partial charge in [0.2, 0.25) is 11.9 Å². The number of anilines is 2. The molecule has 9 heteroatoms. The van der Waals surface area contributed by atoms with Crippen molar-refractivity contribution >= 4 is 57.4 Å².